The second-order valence-electron chi connectivity index (χ2n) is 8.88. The molecule has 3 rings (SSSR count). The Morgan fingerprint density at radius 1 is 0.875 bits per heavy atom. The maximum absolute atomic E-state index is 13.1. The summed E-state index contributed by atoms with van der Waals surface area (Å²) < 4.78 is 0. The number of hydrogen-bond donors (Lipinski definition) is 3. The molecule has 0 aromatic rings. The van der Waals surface area contributed by atoms with E-state index in [0.29, 0.717) is 51.7 Å². The third kappa shape index (κ3) is 4.72. The van der Waals surface area contributed by atoms with Crippen LogP contribution in [0.3, 0.4) is 0 Å². The first-order valence-corrected chi connectivity index (χ1v) is 11.3. The van der Waals surface area contributed by atoms with Gasteiger partial charge in [-0.2, -0.15) is 0 Å². The topological polar surface area (TPSA) is 153 Å². The molecule has 178 valence electrons. The number of nitrogens with two attached hydrogens (primary N) is 1. The lowest BCUT2D eigenvalue weighted by molar-refractivity contribution is -0.147. The van der Waals surface area contributed by atoms with Crippen LogP contribution < -0.4 is 11.1 Å². The summed E-state index contributed by atoms with van der Waals surface area (Å²) in [6, 6.07) is -3.36. The zero-order valence-electron chi connectivity index (χ0n) is 18.7. The van der Waals surface area contributed by atoms with Crippen LogP contribution in [-0.4, -0.2) is 99.2 Å². The molecule has 3 saturated heterocycles. The second-order valence-corrected chi connectivity index (χ2v) is 8.88. The van der Waals surface area contributed by atoms with Crippen molar-refractivity contribution in [2.75, 3.05) is 19.6 Å². The number of primary amides is 1. The SMILES string of the molecule is CC(=O)N1CCC[C@@H]1C(=O)N1CCC[C@H]1C(=O)N[C@H](C(=O)N1CCC[C@H]1C(N)=O)[C@@H](C)O. The van der Waals surface area contributed by atoms with Crippen molar-refractivity contribution in [1.29, 1.82) is 0 Å². The average Bonchev–Trinajstić information content (AvgIpc) is 3.49. The number of aliphatic hydroxyl groups is 1. The van der Waals surface area contributed by atoms with Gasteiger partial charge in [0.25, 0.3) is 0 Å². The zero-order chi connectivity index (χ0) is 23.6. The first-order valence-electron chi connectivity index (χ1n) is 11.3. The molecule has 0 unspecified atom stereocenters. The third-order valence-corrected chi connectivity index (χ3v) is 6.69. The minimum atomic E-state index is -1.25. The van der Waals surface area contributed by atoms with Crippen LogP contribution in [0.15, 0.2) is 0 Å². The summed E-state index contributed by atoms with van der Waals surface area (Å²) in [5.74, 6) is -2.15. The van der Waals surface area contributed by atoms with Gasteiger partial charge in [-0.25, -0.2) is 0 Å². The molecule has 5 atom stereocenters. The number of aliphatic hydroxyl groups excluding tert-OH is 1. The van der Waals surface area contributed by atoms with E-state index in [0.717, 1.165) is 6.42 Å². The minimum Gasteiger partial charge on any atom is -0.391 e. The predicted molar refractivity (Wildman–Crippen MR) is 113 cm³/mol. The quantitative estimate of drug-likeness (QED) is 0.439. The number of likely N-dealkylation sites (tertiary alicyclic amines) is 3. The van der Waals surface area contributed by atoms with Gasteiger partial charge in [-0.15, -0.1) is 0 Å². The molecule has 32 heavy (non-hydrogen) atoms. The van der Waals surface area contributed by atoms with Crippen LogP contribution in [0.2, 0.25) is 0 Å². The van der Waals surface area contributed by atoms with Gasteiger partial charge in [-0.1, -0.05) is 0 Å². The molecule has 11 nitrogen and oxygen atoms in total. The molecule has 0 spiro atoms. The largest absolute Gasteiger partial charge is 0.391 e. The number of rotatable bonds is 6. The number of carbonyl (C=O) groups excluding carboxylic acids is 5. The molecule has 4 N–H and O–H groups in total. The molecule has 5 amide bonds. The molecule has 0 saturated carbocycles. The molecule has 0 aromatic carbocycles. The molecule has 3 fully saturated rings. The van der Waals surface area contributed by atoms with E-state index in [4.69, 9.17) is 5.73 Å². The standard InChI is InChI=1S/C21H33N5O6/c1-12(27)17(21(32)25-10-3-6-14(25)18(22)29)23-19(30)15-7-4-11-26(15)20(31)16-8-5-9-24(16)13(2)28/h12,14-17,27H,3-11H2,1-2H3,(H2,22,29)(H,23,30)/t12-,14+,15+,16-,17+/m1/s1. The van der Waals surface area contributed by atoms with Crippen molar-refractivity contribution in [3.05, 3.63) is 0 Å². The summed E-state index contributed by atoms with van der Waals surface area (Å²) in [6.07, 6.45) is 2.20. The molecule has 3 aliphatic heterocycles. The fraction of sp³-hybridized carbons (Fsp3) is 0.762. The van der Waals surface area contributed by atoms with Crippen LogP contribution in [0, 0.1) is 0 Å². The second kappa shape index (κ2) is 9.85. The van der Waals surface area contributed by atoms with Crippen LogP contribution in [0.4, 0.5) is 0 Å². The van der Waals surface area contributed by atoms with Gasteiger partial charge in [0.15, 0.2) is 0 Å². The van der Waals surface area contributed by atoms with Gasteiger partial charge in [-0.05, 0) is 45.4 Å². The summed E-state index contributed by atoms with van der Waals surface area (Å²) in [6.45, 7) is 4.05. The van der Waals surface area contributed by atoms with Crippen molar-refractivity contribution in [2.45, 2.75) is 82.6 Å². The summed E-state index contributed by atoms with van der Waals surface area (Å²) in [5, 5.41) is 12.8. The highest BCUT2D eigenvalue weighted by Crippen LogP contribution is 2.25. The molecule has 0 bridgehead atoms. The van der Waals surface area contributed by atoms with Crippen LogP contribution in [0.25, 0.3) is 0 Å². The highest BCUT2D eigenvalue weighted by molar-refractivity contribution is 5.96. The lowest BCUT2D eigenvalue weighted by atomic mass is 10.1. The average molecular weight is 452 g/mol. The van der Waals surface area contributed by atoms with E-state index in [1.165, 1.54) is 28.5 Å². The first kappa shape index (κ1) is 24.0. The Bertz CT molecular complexity index is 787. The lowest BCUT2D eigenvalue weighted by Gasteiger charge is -2.33. The maximum atomic E-state index is 13.1. The highest BCUT2D eigenvalue weighted by atomic mass is 16.3. The normalized spacial score (nSPS) is 27.3. The van der Waals surface area contributed by atoms with Crippen LogP contribution >= 0.6 is 0 Å². The number of nitrogens with one attached hydrogen (secondary N) is 1. The Kier molecular flexibility index (Phi) is 7.37. The summed E-state index contributed by atoms with van der Waals surface area (Å²) in [5.41, 5.74) is 5.39. The Hall–Kier alpha value is -2.69. The molecular formula is C21H33N5O6. The fourth-order valence-electron chi connectivity index (χ4n) is 5.04. The molecule has 3 heterocycles. The van der Waals surface area contributed by atoms with Gasteiger partial charge in [0.05, 0.1) is 6.10 Å². The van der Waals surface area contributed by atoms with Crippen molar-refractivity contribution < 1.29 is 29.1 Å². The van der Waals surface area contributed by atoms with Crippen molar-refractivity contribution in [1.82, 2.24) is 20.0 Å². The number of hydrogen-bond acceptors (Lipinski definition) is 6. The Labute approximate surface area is 187 Å². The third-order valence-electron chi connectivity index (χ3n) is 6.69. The van der Waals surface area contributed by atoms with E-state index in [2.05, 4.69) is 5.32 Å². The van der Waals surface area contributed by atoms with Gasteiger partial charge >= 0.3 is 0 Å². The fourth-order valence-corrected chi connectivity index (χ4v) is 5.04. The van der Waals surface area contributed by atoms with Gasteiger partial charge in [0, 0.05) is 26.6 Å². The number of amides is 5. The van der Waals surface area contributed by atoms with Crippen LogP contribution in [0.5, 0.6) is 0 Å². The van der Waals surface area contributed by atoms with Crippen molar-refractivity contribution in [3.8, 4) is 0 Å². The Morgan fingerprint density at radius 3 is 1.97 bits per heavy atom. The molecular weight excluding hydrogens is 418 g/mol. The van der Waals surface area contributed by atoms with E-state index >= 15 is 0 Å². The van der Waals surface area contributed by atoms with Crippen molar-refractivity contribution in [2.24, 2.45) is 5.73 Å². The number of nitrogens with zero attached hydrogens (tertiary/aromatic N) is 3. The molecule has 0 aromatic heterocycles. The monoisotopic (exact) mass is 451 g/mol. The highest BCUT2D eigenvalue weighted by Gasteiger charge is 2.43. The maximum Gasteiger partial charge on any atom is 0.248 e. The Balaban J connectivity index is 1.70. The van der Waals surface area contributed by atoms with E-state index in [1.54, 1.807) is 0 Å². The van der Waals surface area contributed by atoms with Crippen molar-refractivity contribution >= 4 is 29.5 Å². The summed E-state index contributed by atoms with van der Waals surface area (Å²) >= 11 is 0. The lowest BCUT2D eigenvalue weighted by Crippen LogP contribution is -2.60. The van der Waals surface area contributed by atoms with Crippen LogP contribution in [-0.2, 0) is 24.0 Å². The molecule has 3 aliphatic rings. The Morgan fingerprint density at radius 2 is 1.41 bits per heavy atom. The van der Waals surface area contributed by atoms with Crippen molar-refractivity contribution in [3.63, 3.8) is 0 Å². The van der Waals surface area contributed by atoms with Gasteiger partial charge in [-0.3, -0.25) is 24.0 Å². The van der Waals surface area contributed by atoms with Crippen LogP contribution in [0.1, 0.15) is 52.4 Å². The number of carbonyl (C=O) groups is 5. The van der Waals surface area contributed by atoms with E-state index in [9.17, 15) is 29.1 Å². The van der Waals surface area contributed by atoms with Gasteiger partial charge < -0.3 is 30.9 Å². The molecule has 11 heteroatoms. The van der Waals surface area contributed by atoms with Gasteiger partial charge in [0.1, 0.15) is 24.2 Å². The first-order chi connectivity index (χ1) is 15.1. The molecule has 0 radical (unpaired) electrons. The predicted octanol–water partition coefficient (Wildman–Crippen LogP) is -1.67. The zero-order valence-corrected chi connectivity index (χ0v) is 18.7. The van der Waals surface area contributed by atoms with E-state index in [-0.39, 0.29) is 11.8 Å². The molecule has 0 aliphatic carbocycles. The van der Waals surface area contributed by atoms with Gasteiger partial charge in [0.2, 0.25) is 29.5 Å². The minimum absolute atomic E-state index is 0.171. The smallest absolute Gasteiger partial charge is 0.248 e. The van der Waals surface area contributed by atoms with E-state index in [1.807, 2.05) is 0 Å². The van der Waals surface area contributed by atoms with E-state index < -0.39 is 48.0 Å². The summed E-state index contributed by atoms with van der Waals surface area (Å²) in [7, 11) is 0. The summed E-state index contributed by atoms with van der Waals surface area (Å²) in [4.78, 5) is 67.1.